The lowest BCUT2D eigenvalue weighted by atomic mass is 10.1. The summed E-state index contributed by atoms with van der Waals surface area (Å²) in [6, 6.07) is 5.98. The van der Waals surface area contributed by atoms with Gasteiger partial charge in [-0.15, -0.1) is 0 Å². The number of carbonyl (C=O) groups excluding carboxylic acids is 1. The quantitative estimate of drug-likeness (QED) is 0.720. The Morgan fingerprint density at radius 2 is 1.82 bits per heavy atom. The lowest BCUT2D eigenvalue weighted by Crippen LogP contribution is -2.41. The van der Waals surface area contributed by atoms with Gasteiger partial charge >= 0.3 is 0 Å². The minimum Gasteiger partial charge on any atom is -0.493 e. The summed E-state index contributed by atoms with van der Waals surface area (Å²) in [7, 11) is 1.61. The molecule has 122 valence electrons. The van der Waals surface area contributed by atoms with E-state index in [0.29, 0.717) is 18.1 Å². The van der Waals surface area contributed by atoms with Crippen molar-refractivity contribution in [3.63, 3.8) is 0 Å². The SMILES string of the molecule is CCOc1ccc(C=CC(=O)N(C(C)C)C(C)C)cc1OC. The first-order chi connectivity index (χ1) is 10.4. The van der Waals surface area contributed by atoms with Gasteiger partial charge in [0.1, 0.15) is 0 Å². The highest BCUT2D eigenvalue weighted by atomic mass is 16.5. The number of carbonyl (C=O) groups is 1. The number of rotatable bonds is 7. The molecule has 0 spiro atoms. The predicted molar refractivity (Wildman–Crippen MR) is 90.3 cm³/mol. The highest BCUT2D eigenvalue weighted by Crippen LogP contribution is 2.28. The zero-order valence-corrected chi connectivity index (χ0v) is 14.4. The topological polar surface area (TPSA) is 38.8 Å². The van der Waals surface area contributed by atoms with Crippen LogP contribution < -0.4 is 9.47 Å². The van der Waals surface area contributed by atoms with E-state index in [1.807, 2.05) is 57.7 Å². The van der Waals surface area contributed by atoms with Gasteiger partial charge in [0.2, 0.25) is 5.91 Å². The highest BCUT2D eigenvalue weighted by molar-refractivity contribution is 5.92. The van der Waals surface area contributed by atoms with Crippen LogP contribution in [-0.4, -0.2) is 36.6 Å². The molecule has 0 fully saturated rings. The maximum atomic E-state index is 12.3. The second-order valence-electron chi connectivity index (χ2n) is 5.61. The molecule has 1 amide bonds. The Morgan fingerprint density at radius 1 is 1.18 bits per heavy atom. The molecule has 0 saturated carbocycles. The average Bonchev–Trinajstić information content (AvgIpc) is 2.45. The third-order valence-corrected chi connectivity index (χ3v) is 3.27. The molecule has 0 aliphatic heterocycles. The number of methoxy groups -OCH3 is 1. The van der Waals surface area contributed by atoms with Crippen molar-refractivity contribution in [1.29, 1.82) is 0 Å². The fourth-order valence-corrected chi connectivity index (χ4v) is 2.42. The molecule has 22 heavy (non-hydrogen) atoms. The van der Waals surface area contributed by atoms with Crippen LogP contribution in [0.25, 0.3) is 6.08 Å². The standard InChI is InChI=1S/C18H27NO3/c1-7-22-16-10-8-15(12-17(16)21-6)9-11-18(20)19(13(2)3)14(4)5/h8-14H,7H2,1-6H3. The largest absolute Gasteiger partial charge is 0.493 e. The highest BCUT2D eigenvalue weighted by Gasteiger charge is 2.17. The molecule has 0 bridgehead atoms. The van der Waals surface area contributed by atoms with Crippen LogP contribution in [0.2, 0.25) is 0 Å². The van der Waals surface area contributed by atoms with Crippen molar-refractivity contribution in [2.45, 2.75) is 46.7 Å². The van der Waals surface area contributed by atoms with E-state index in [1.54, 1.807) is 19.3 Å². The van der Waals surface area contributed by atoms with Crippen LogP contribution in [0.15, 0.2) is 24.3 Å². The number of amides is 1. The number of nitrogens with zero attached hydrogens (tertiary/aromatic N) is 1. The van der Waals surface area contributed by atoms with Crippen molar-refractivity contribution >= 4 is 12.0 Å². The van der Waals surface area contributed by atoms with Crippen LogP contribution in [0, 0.1) is 0 Å². The van der Waals surface area contributed by atoms with Gasteiger partial charge in [0, 0.05) is 18.2 Å². The summed E-state index contributed by atoms with van der Waals surface area (Å²) in [5, 5.41) is 0. The molecule has 0 aromatic heterocycles. The summed E-state index contributed by atoms with van der Waals surface area (Å²) in [4.78, 5) is 14.2. The van der Waals surface area contributed by atoms with Crippen LogP contribution in [0.1, 0.15) is 40.2 Å². The zero-order chi connectivity index (χ0) is 16.7. The second-order valence-corrected chi connectivity index (χ2v) is 5.61. The monoisotopic (exact) mass is 305 g/mol. The number of hydrogen-bond acceptors (Lipinski definition) is 3. The Bertz CT molecular complexity index is 513. The summed E-state index contributed by atoms with van der Waals surface area (Å²) >= 11 is 0. The van der Waals surface area contributed by atoms with Crippen LogP contribution in [0.5, 0.6) is 11.5 Å². The predicted octanol–water partition coefficient (Wildman–Crippen LogP) is 3.75. The Balaban J connectivity index is 2.91. The minimum atomic E-state index is 0.0119. The van der Waals surface area contributed by atoms with E-state index < -0.39 is 0 Å². The molecule has 4 heteroatoms. The maximum Gasteiger partial charge on any atom is 0.247 e. The summed E-state index contributed by atoms with van der Waals surface area (Å²) < 4.78 is 10.8. The maximum absolute atomic E-state index is 12.3. The van der Waals surface area contributed by atoms with Crippen molar-refractivity contribution in [2.24, 2.45) is 0 Å². The van der Waals surface area contributed by atoms with Crippen LogP contribution in [0.3, 0.4) is 0 Å². The summed E-state index contributed by atoms with van der Waals surface area (Å²) in [5.74, 6) is 1.39. The number of benzene rings is 1. The molecular formula is C18H27NO3. The van der Waals surface area contributed by atoms with Crippen LogP contribution in [-0.2, 0) is 4.79 Å². The fourth-order valence-electron chi connectivity index (χ4n) is 2.42. The lowest BCUT2D eigenvalue weighted by Gasteiger charge is -2.29. The molecule has 1 rings (SSSR count). The van der Waals surface area contributed by atoms with Crippen molar-refractivity contribution in [3.8, 4) is 11.5 Å². The molecule has 0 heterocycles. The van der Waals surface area contributed by atoms with E-state index in [-0.39, 0.29) is 18.0 Å². The molecule has 0 radical (unpaired) electrons. The molecular weight excluding hydrogens is 278 g/mol. The van der Waals surface area contributed by atoms with Crippen molar-refractivity contribution < 1.29 is 14.3 Å². The van der Waals surface area contributed by atoms with Gasteiger partial charge in [-0.25, -0.2) is 0 Å². The first-order valence-corrected chi connectivity index (χ1v) is 7.71. The van der Waals surface area contributed by atoms with E-state index >= 15 is 0 Å². The van der Waals surface area contributed by atoms with Gasteiger partial charge in [0.15, 0.2) is 11.5 Å². The van der Waals surface area contributed by atoms with E-state index in [4.69, 9.17) is 9.47 Å². The van der Waals surface area contributed by atoms with Crippen LogP contribution >= 0.6 is 0 Å². The fraction of sp³-hybridized carbons (Fsp3) is 0.500. The van der Waals surface area contributed by atoms with E-state index in [0.717, 1.165) is 5.56 Å². The molecule has 0 saturated heterocycles. The molecule has 0 aliphatic rings. The molecule has 1 aromatic rings. The van der Waals surface area contributed by atoms with Gasteiger partial charge in [-0.1, -0.05) is 6.07 Å². The molecule has 1 aromatic carbocycles. The Kier molecular flexibility index (Phi) is 6.96. The van der Waals surface area contributed by atoms with Crippen molar-refractivity contribution in [3.05, 3.63) is 29.8 Å². The van der Waals surface area contributed by atoms with Crippen LogP contribution in [0.4, 0.5) is 0 Å². The van der Waals surface area contributed by atoms with Gasteiger partial charge in [-0.3, -0.25) is 4.79 Å². The lowest BCUT2D eigenvalue weighted by molar-refractivity contribution is -0.129. The summed E-state index contributed by atoms with van der Waals surface area (Å²) in [6.45, 7) is 10.6. The van der Waals surface area contributed by atoms with Gasteiger partial charge in [-0.2, -0.15) is 0 Å². The van der Waals surface area contributed by atoms with Gasteiger partial charge in [0.25, 0.3) is 0 Å². The van der Waals surface area contributed by atoms with E-state index in [1.165, 1.54) is 0 Å². The van der Waals surface area contributed by atoms with Gasteiger partial charge < -0.3 is 14.4 Å². The second kappa shape index (κ2) is 8.47. The number of hydrogen-bond donors (Lipinski definition) is 0. The minimum absolute atomic E-state index is 0.0119. The summed E-state index contributed by atoms with van der Waals surface area (Å²) in [5.41, 5.74) is 0.904. The third kappa shape index (κ3) is 4.79. The van der Waals surface area contributed by atoms with Crippen molar-refractivity contribution in [1.82, 2.24) is 4.90 Å². The van der Waals surface area contributed by atoms with Gasteiger partial charge in [-0.05, 0) is 58.4 Å². The Labute approximate surface area is 133 Å². The molecule has 0 unspecified atom stereocenters. The zero-order valence-electron chi connectivity index (χ0n) is 14.4. The van der Waals surface area contributed by atoms with E-state index in [2.05, 4.69) is 0 Å². The Morgan fingerprint density at radius 3 is 2.32 bits per heavy atom. The van der Waals surface area contributed by atoms with Crippen molar-refractivity contribution in [2.75, 3.05) is 13.7 Å². The molecule has 0 atom stereocenters. The first kappa shape index (κ1) is 18.1. The normalized spacial score (nSPS) is 11.3. The summed E-state index contributed by atoms with van der Waals surface area (Å²) in [6.07, 6.45) is 3.41. The molecule has 0 aliphatic carbocycles. The Hall–Kier alpha value is -1.97. The molecule has 0 N–H and O–H groups in total. The molecule has 4 nitrogen and oxygen atoms in total. The number of ether oxygens (including phenoxy) is 2. The smallest absolute Gasteiger partial charge is 0.247 e. The van der Waals surface area contributed by atoms with Gasteiger partial charge in [0.05, 0.1) is 13.7 Å². The third-order valence-electron chi connectivity index (χ3n) is 3.27. The average molecular weight is 305 g/mol. The van der Waals surface area contributed by atoms with E-state index in [9.17, 15) is 4.79 Å². The first-order valence-electron chi connectivity index (χ1n) is 7.71.